The number of nitrogens with two attached hydrogens (primary N) is 1. The lowest BCUT2D eigenvalue weighted by Gasteiger charge is -1.95. The molecule has 1 aromatic heterocycles. The average molecular weight is 258 g/mol. The molecule has 1 aliphatic rings. The van der Waals surface area contributed by atoms with Gasteiger partial charge in [-0.25, -0.2) is 0 Å². The topological polar surface area (TPSA) is 26.0 Å². The largest absolute Gasteiger partial charge is 0.327 e. The SMILES string of the molecule is NC1CCC(=Cc2ccc(Br)s2)C1. The highest BCUT2D eigenvalue weighted by molar-refractivity contribution is 9.11. The van der Waals surface area contributed by atoms with Gasteiger partial charge in [0.15, 0.2) is 0 Å². The van der Waals surface area contributed by atoms with Gasteiger partial charge in [0.05, 0.1) is 3.79 Å². The molecule has 0 radical (unpaired) electrons. The Hall–Kier alpha value is -0.120. The highest BCUT2D eigenvalue weighted by Gasteiger charge is 2.14. The Labute approximate surface area is 90.8 Å². The molecule has 1 aromatic rings. The van der Waals surface area contributed by atoms with Crippen LogP contribution in [-0.2, 0) is 0 Å². The Morgan fingerprint density at radius 3 is 2.92 bits per heavy atom. The maximum Gasteiger partial charge on any atom is 0.0704 e. The quantitative estimate of drug-likeness (QED) is 0.820. The molecule has 1 unspecified atom stereocenters. The maximum absolute atomic E-state index is 5.84. The zero-order valence-electron chi connectivity index (χ0n) is 7.29. The summed E-state index contributed by atoms with van der Waals surface area (Å²) in [5, 5.41) is 0. The summed E-state index contributed by atoms with van der Waals surface area (Å²) in [5.41, 5.74) is 7.34. The molecule has 13 heavy (non-hydrogen) atoms. The van der Waals surface area contributed by atoms with Gasteiger partial charge >= 0.3 is 0 Å². The molecular weight excluding hydrogens is 246 g/mol. The third-order valence-electron chi connectivity index (χ3n) is 2.30. The Morgan fingerprint density at radius 1 is 1.54 bits per heavy atom. The summed E-state index contributed by atoms with van der Waals surface area (Å²) in [5.74, 6) is 0. The fourth-order valence-corrected chi connectivity index (χ4v) is 3.07. The van der Waals surface area contributed by atoms with Crippen LogP contribution in [0.25, 0.3) is 6.08 Å². The normalized spacial score (nSPS) is 25.7. The zero-order valence-corrected chi connectivity index (χ0v) is 9.70. The molecule has 0 spiro atoms. The van der Waals surface area contributed by atoms with E-state index in [1.54, 1.807) is 11.3 Å². The smallest absolute Gasteiger partial charge is 0.0704 e. The van der Waals surface area contributed by atoms with Crippen molar-refractivity contribution >= 4 is 33.3 Å². The van der Waals surface area contributed by atoms with Gasteiger partial charge in [-0.15, -0.1) is 11.3 Å². The number of hydrogen-bond acceptors (Lipinski definition) is 2. The molecule has 0 saturated heterocycles. The maximum atomic E-state index is 5.84. The molecule has 1 heterocycles. The summed E-state index contributed by atoms with van der Waals surface area (Å²) >= 11 is 5.23. The van der Waals surface area contributed by atoms with Gasteiger partial charge in [-0.2, -0.15) is 0 Å². The van der Waals surface area contributed by atoms with E-state index in [-0.39, 0.29) is 0 Å². The summed E-state index contributed by atoms with van der Waals surface area (Å²) < 4.78 is 1.20. The first-order valence-corrected chi connectivity index (χ1v) is 6.05. The summed E-state index contributed by atoms with van der Waals surface area (Å²) in [4.78, 5) is 1.33. The second-order valence-corrected chi connectivity index (χ2v) is 5.94. The first-order valence-electron chi connectivity index (χ1n) is 4.44. The van der Waals surface area contributed by atoms with Gasteiger partial charge in [0.25, 0.3) is 0 Å². The van der Waals surface area contributed by atoms with E-state index in [1.807, 2.05) is 0 Å². The van der Waals surface area contributed by atoms with Gasteiger partial charge in [-0.05, 0) is 53.4 Å². The Bertz CT molecular complexity index is 329. The van der Waals surface area contributed by atoms with Gasteiger partial charge < -0.3 is 5.73 Å². The number of hydrogen-bond donors (Lipinski definition) is 1. The molecule has 1 fully saturated rings. The summed E-state index contributed by atoms with van der Waals surface area (Å²) in [6, 6.07) is 4.63. The number of rotatable bonds is 1. The monoisotopic (exact) mass is 257 g/mol. The van der Waals surface area contributed by atoms with Crippen LogP contribution in [0.1, 0.15) is 24.1 Å². The lowest BCUT2D eigenvalue weighted by atomic mass is 10.2. The lowest BCUT2D eigenvalue weighted by Crippen LogP contribution is -2.13. The molecule has 70 valence electrons. The fourth-order valence-electron chi connectivity index (χ4n) is 1.65. The van der Waals surface area contributed by atoms with E-state index in [0.29, 0.717) is 6.04 Å². The van der Waals surface area contributed by atoms with Crippen LogP contribution in [0.3, 0.4) is 0 Å². The summed E-state index contributed by atoms with van der Waals surface area (Å²) in [6.07, 6.45) is 5.69. The molecule has 3 heteroatoms. The van der Waals surface area contributed by atoms with Crippen molar-refractivity contribution < 1.29 is 0 Å². The van der Waals surface area contributed by atoms with E-state index in [0.717, 1.165) is 12.8 Å². The van der Waals surface area contributed by atoms with Crippen molar-refractivity contribution in [3.05, 3.63) is 26.4 Å². The van der Waals surface area contributed by atoms with Crippen molar-refractivity contribution in [2.45, 2.75) is 25.3 Å². The van der Waals surface area contributed by atoms with E-state index in [2.05, 4.69) is 34.1 Å². The van der Waals surface area contributed by atoms with Crippen LogP contribution in [0.2, 0.25) is 0 Å². The van der Waals surface area contributed by atoms with Crippen molar-refractivity contribution in [2.24, 2.45) is 5.73 Å². The second kappa shape index (κ2) is 3.95. The van der Waals surface area contributed by atoms with Crippen molar-refractivity contribution in [2.75, 3.05) is 0 Å². The van der Waals surface area contributed by atoms with Crippen LogP contribution >= 0.6 is 27.3 Å². The third-order valence-corrected chi connectivity index (χ3v) is 3.87. The number of halogens is 1. The molecule has 0 aromatic carbocycles. The number of thiophene rings is 1. The Morgan fingerprint density at radius 2 is 2.38 bits per heavy atom. The summed E-state index contributed by atoms with van der Waals surface area (Å²) in [6.45, 7) is 0. The fraction of sp³-hybridized carbons (Fsp3) is 0.400. The molecule has 1 saturated carbocycles. The summed E-state index contributed by atoms with van der Waals surface area (Å²) in [7, 11) is 0. The van der Waals surface area contributed by atoms with E-state index >= 15 is 0 Å². The van der Waals surface area contributed by atoms with Crippen molar-refractivity contribution in [1.29, 1.82) is 0 Å². The molecule has 2 rings (SSSR count). The van der Waals surface area contributed by atoms with Crippen LogP contribution in [0.4, 0.5) is 0 Å². The van der Waals surface area contributed by atoms with Crippen LogP contribution in [0.15, 0.2) is 21.5 Å². The molecule has 0 aliphatic heterocycles. The predicted molar refractivity (Wildman–Crippen MR) is 61.8 cm³/mol. The molecule has 1 nitrogen and oxygen atoms in total. The minimum absolute atomic E-state index is 0.398. The Kier molecular flexibility index (Phi) is 2.86. The minimum atomic E-state index is 0.398. The van der Waals surface area contributed by atoms with Crippen molar-refractivity contribution in [3.63, 3.8) is 0 Å². The first-order chi connectivity index (χ1) is 6.24. The van der Waals surface area contributed by atoms with E-state index in [4.69, 9.17) is 5.73 Å². The van der Waals surface area contributed by atoms with Gasteiger partial charge in [-0.3, -0.25) is 0 Å². The van der Waals surface area contributed by atoms with Gasteiger partial charge in [0, 0.05) is 10.9 Å². The third kappa shape index (κ3) is 2.42. The Balaban J connectivity index is 2.12. The van der Waals surface area contributed by atoms with Gasteiger partial charge in [0.2, 0.25) is 0 Å². The van der Waals surface area contributed by atoms with Crippen molar-refractivity contribution in [1.82, 2.24) is 0 Å². The average Bonchev–Trinajstić information content (AvgIpc) is 2.62. The molecule has 2 N–H and O–H groups in total. The molecule has 0 bridgehead atoms. The lowest BCUT2D eigenvalue weighted by molar-refractivity contribution is 0.711. The zero-order chi connectivity index (χ0) is 9.26. The molecule has 1 aliphatic carbocycles. The van der Waals surface area contributed by atoms with E-state index in [9.17, 15) is 0 Å². The van der Waals surface area contributed by atoms with Gasteiger partial charge in [-0.1, -0.05) is 5.57 Å². The van der Waals surface area contributed by atoms with E-state index < -0.39 is 0 Å². The molecular formula is C10H12BrNS. The van der Waals surface area contributed by atoms with Gasteiger partial charge in [0.1, 0.15) is 0 Å². The van der Waals surface area contributed by atoms with Crippen LogP contribution in [0.5, 0.6) is 0 Å². The first kappa shape index (κ1) is 9.44. The van der Waals surface area contributed by atoms with Crippen LogP contribution in [0, 0.1) is 0 Å². The second-order valence-electron chi connectivity index (χ2n) is 3.45. The highest BCUT2D eigenvalue weighted by Crippen LogP contribution is 2.29. The van der Waals surface area contributed by atoms with Crippen LogP contribution < -0.4 is 5.73 Å². The minimum Gasteiger partial charge on any atom is -0.327 e. The predicted octanol–water partition coefficient (Wildman–Crippen LogP) is 3.41. The van der Waals surface area contributed by atoms with Crippen LogP contribution in [-0.4, -0.2) is 6.04 Å². The van der Waals surface area contributed by atoms with Crippen molar-refractivity contribution in [3.8, 4) is 0 Å². The molecule has 1 atom stereocenters. The standard InChI is InChI=1S/C10H12BrNS/c11-10-4-3-9(13-10)6-7-1-2-8(12)5-7/h3-4,6,8H,1-2,5,12H2. The van der Waals surface area contributed by atoms with E-state index in [1.165, 1.54) is 20.7 Å². The molecule has 0 amide bonds. The highest BCUT2D eigenvalue weighted by atomic mass is 79.9.